The monoisotopic (exact) mass is 353 g/mol. The van der Waals surface area contributed by atoms with E-state index in [1.807, 2.05) is 6.07 Å². The number of aliphatic hydroxyl groups is 1. The number of benzene rings is 1. The lowest BCUT2D eigenvalue weighted by atomic mass is 9.99. The highest BCUT2D eigenvalue weighted by Crippen LogP contribution is 2.40. The summed E-state index contributed by atoms with van der Waals surface area (Å²) < 4.78 is 11.1. The number of carbonyl (C=O) groups excluding carboxylic acids is 2. The zero-order valence-corrected chi connectivity index (χ0v) is 14.1. The van der Waals surface area contributed by atoms with Crippen LogP contribution in [0.3, 0.4) is 0 Å². The molecule has 2 aliphatic heterocycles. The van der Waals surface area contributed by atoms with Gasteiger partial charge in [-0.15, -0.1) is 0 Å². The van der Waals surface area contributed by atoms with E-state index in [9.17, 15) is 14.7 Å². The molecular weight excluding hydrogens is 334 g/mol. The van der Waals surface area contributed by atoms with E-state index >= 15 is 0 Å². The standard InChI is InChI=1S/C20H19NO5/c22-18(13-6-2-1-3-7-13)16-17(15-9-5-11-26-15)21(20(24)19(16)23)12-14-8-4-10-25-14/h1-3,5-7,9,11,14,17,22H,4,8,10,12H2/b18-16-. The Morgan fingerprint density at radius 2 is 1.96 bits per heavy atom. The smallest absolute Gasteiger partial charge is 0.295 e. The highest BCUT2D eigenvalue weighted by molar-refractivity contribution is 6.46. The van der Waals surface area contributed by atoms with E-state index in [1.165, 1.54) is 11.2 Å². The van der Waals surface area contributed by atoms with Gasteiger partial charge in [-0.1, -0.05) is 30.3 Å². The maximum atomic E-state index is 12.7. The fourth-order valence-corrected chi connectivity index (χ4v) is 3.57. The fourth-order valence-electron chi connectivity index (χ4n) is 3.57. The number of nitrogens with zero attached hydrogens (tertiary/aromatic N) is 1. The second-order valence-electron chi connectivity index (χ2n) is 6.47. The summed E-state index contributed by atoms with van der Waals surface area (Å²) in [6.07, 6.45) is 3.16. The molecule has 1 aromatic carbocycles. The summed E-state index contributed by atoms with van der Waals surface area (Å²) in [5, 5.41) is 10.8. The van der Waals surface area contributed by atoms with Gasteiger partial charge in [0.25, 0.3) is 11.7 Å². The number of hydrogen-bond donors (Lipinski definition) is 1. The van der Waals surface area contributed by atoms with Gasteiger partial charge >= 0.3 is 0 Å². The van der Waals surface area contributed by atoms with Crippen molar-refractivity contribution in [2.75, 3.05) is 13.2 Å². The first-order valence-corrected chi connectivity index (χ1v) is 8.65. The molecule has 2 saturated heterocycles. The summed E-state index contributed by atoms with van der Waals surface area (Å²) in [5.74, 6) is -1.09. The van der Waals surface area contributed by atoms with Crippen LogP contribution < -0.4 is 0 Å². The molecule has 26 heavy (non-hydrogen) atoms. The summed E-state index contributed by atoms with van der Waals surface area (Å²) in [4.78, 5) is 26.8. The first-order chi connectivity index (χ1) is 12.7. The number of hydrogen-bond acceptors (Lipinski definition) is 5. The Morgan fingerprint density at radius 1 is 1.15 bits per heavy atom. The van der Waals surface area contributed by atoms with Gasteiger partial charge in [-0.2, -0.15) is 0 Å². The molecule has 2 atom stereocenters. The first kappa shape index (κ1) is 16.6. The van der Waals surface area contributed by atoms with Crippen LogP contribution >= 0.6 is 0 Å². The molecule has 2 fully saturated rings. The average Bonchev–Trinajstić information content (AvgIpc) is 3.41. The van der Waals surface area contributed by atoms with Gasteiger partial charge in [0.05, 0.1) is 17.9 Å². The van der Waals surface area contributed by atoms with Crippen LogP contribution in [-0.2, 0) is 14.3 Å². The van der Waals surface area contributed by atoms with Crippen molar-refractivity contribution in [1.29, 1.82) is 0 Å². The third-order valence-corrected chi connectivity index (χ3v) is 4.82. The summed E-state index contributed by atoms with van der Waals surface area (Å²) in [5.41, 5.74) is 0.535. The molecule has 4 rings (SSSR count). The van der Waals surface area contributed by atoms with Gasteiger partial charge in [0.2, 0.25) is 0 Å². The van der Waals surface area contributed by atoms with Crippen LogP contribution in [0.15, 0.2) is 58.7 Å². The van der Waals surface area contributed by atoms with Gasteiger partial charge in [-0.3, -0.25) is 9.59 Å². The number of rotatable bonds is 4. The number of likely N-dealkylation sites (tertiary alicyclic amines) is 1. The molecule has 0 saturated carbocycles. The summed E-state index contributed by atoms with van der Waals surface area (Å²) in [6, 6.07) is 11.4. The van der Waals surface area contributed by atoms with E-state index in [0.717, 1.165) is 12.8 Å². The summed E-state index contributed by atoms with van der Waals surface area (Å²) >= 11 is 0. The number of aliphatic hydroxyl groups excluding tert-OH is 1. The number of furan rings is 1. The quantitative estimate of drug-likeness (QED) is 0.519. The van der Waals surface area contributed by atoms with Crippen molar-refractivity contribution in [2.45, 2.75) is 25.0 Å². The predicted octanol–water partition coefficient (Wildman–Crippen LogP) is 2.88. The van der Waals surface area contributed by atoms with Crippen molar-refractivity contribution in [3.8, 4) is 0 Å². The highest BCUT2D eigenvalue weighted by Gasteiger charge is 2.48. The summed E-state index contributed by atoms with van der Waals surface area (Å²) in [7, 11) is 0. The zero-order valence-electron chi connectivity index (χ0n) is 14.1. The van der Waals surface area contributed by atoms with Gasteiger partial charge in [0.1, 0.15) is 17.6 Å². The third kappa shape index (κ3) is 2.82. The molecular formula is C20H19NO5. The number of ether oxygens (including phenoxy) is 1. The van der Waals surface area contributed by atoms with Crippen LogP contribution in [0.5, 0.6) is 0 Å². The molecule has 2 unspecified atom stereocenters. The molecule has 134 valence electrons. The lowest BCUT2D eigenvalue weighted by molar-refractivity contribution is -0.141. The second kappa shape index (κ2) is 6.80. The normalized spacial score (nSPS) is 25.2. The van der Waals surface area contributed by atoms with Crippen LogP contribution in [0.4, 0.5) is 0 Å². The van der Waals surface area contributed by atoms with E-state index in [1.54, 1.807) is 36.4 Å². The number of carbonyl (C=O) groups is 2. The molecule has 1 aromatic heterocycles. The molecule has 0 radical (unpaired) electrons. The van der Waals surface area contributed by atoms with E-state index < -0.39 is 17.7 Å². The Hall–Kier alpha value is -2.86. The molecule has 0 spiro atoms. The maximum absolute atomic E-state index is 12.7. The van der Waals surface area contributed by atoms with Crippen LogP contribution in [0.1, 0.15) is 30.2 Å². The topological polar surface area (TPSA) is 80.0 Å². The van der Waals surface area contributed by atoms with Crippen molar-refractivity contribution in [2.24, 2.45) is 0 Å². The molecule has 0 bridgehead atoms. The SMILES string of the molecule is O=C1C(=O)N(CC2CCCO2)C(c2ccco2)/C1=C(/O)c1ccccc1. The molecule has 1 amide bonds. The Morgan fingerprint density at radius 3 is 2.62 bits per heavy atom. The summed E-state index contributed by atoms with van der Waals surface area (Å²) in [6.45, 7) is 0.950. The average molecular weight is 353 g/mol. The molecule has 3 heterocycles. The number of amides is 1. The number of Topliss-reactive ketones (excluding diaryl/α,β-unsaturated/α-hetero) is 1. The molecule has 2 aliphatic rings. The van der Waals surface area contributed by atoms with E-state index in [0.29, 0.717) is 24.5 Å². The fraction of sp³-hybridized carbons (Fsp3) is 0.300. The van der Waals surface area contributed by atoms with Crippen molar-refractivity contribution in [3.05, 3.63) is 65.6 Å². The Labute approximate surface area is 150 Å². The first-order valence-electron chi connectivity index (χ1n) is 8.65. The minimum absolute atomic E-state index is 0.0501. The van der Waals surface area contributed by atoms with Gasteiger partial charge < -0.3 is 19.2 Å². The van der Waals surface area contributed by atoms with Gasteiger partial charge in [-0.05, 0) is 25.0 Å². The third-order valence-electron chi connectivity index (χ3n) is 4.82. The molecule has 2 aromatic rings. The van der Waals surface area contributed by atoms with Crippen molar-refractivity contribution in [3.63, 3.8) is 0 Å². The predicted molar refractivity (Wildman–Crippen MR) is 93.1 cm³/mol. The van der Waals surface area contributed by atoms with Crippen LogP contribution in [-0.4, -0.2) is 41.0 Å². The van der Waals surface area contributed by atoms with E-state index in [4.69, 9.17) is 9.15 Å². The van der Waals surface area contributed by atoms with Crippen LogP contribution in [0, 0.1) is 0 Å². The van der Waals surface area contributed by atoms with Crippen LogP contribution in [0.25, 0.3) is 5.76 Å². The van der Waals surface area contributed by atoms with Crippen LogP contribution in [0.2, 0.25) is 0 Å². The minimum atomic E-state index is -0.755. The highest BCUT2D eigenvalue weighted by atomic mass is 16.5. The zero-order chi connectivity index (χ0) is 18.1. The van der Waals surface area contributed by atoms with Crippen molar-refractivity contribution in [1.82, 2.24) is 4.90 Å². The Bertz CT molecular complexity index is 834. The minimum Gasteiger partial charge on any atom is -0.507 e. The number of ketones is 1. The largest absolute Gasteiger partial charge is 0.507 e. The Balaban J connectivity index is 1.79. The lowest BCUT2D eigenvalue weighted by Crippen LogP contribution is -2.36. The molecule has 6 heteroatoms. The Kier molecular flexibility index (Phi) is 4.34. The van der Waals surface area contributed by atoms with Crippen molar-refractivity contribution >= 4 is 17.4 Å². The second-order valence-corrected chi connectivity index (χ2v) is 6.47. The van der Waals surface area contributed by atoms with Gasteiger partial charge in [-0.25, -0.2) is 0 Å². The van der Waals surface area contributed by atoms with E-state index in [2.05, 4.69) is 0 Å². The maximum Gasteiger partial charge on any atom is 0.295 e. The molecule has 1 N–H and O–H groups in total. The lowest BCUT2D eigenvalue weighted by Gasteiger charge is -2.25. The van der Waals surface area contributed by atoms with Gasteiger partial charge in [0.15, 0.2) is 0 Å². The van der Waals surface area contributed by atoms with Crippen molar-refractivity contribution < 1.29 is 23.8 Å². The molecule has 0 aliphatic carbocycles. The van der Waals surface area contributed by atoms with E-state index in [-0.39, 0.29) is 17.4 Å². The van der Waals surface area contributed by atoms with Gasteiger partial charge in [0, 0.05) is 18.7 Å². The molecule has 6 nitrogen and oxygen atoms in total.